The Morgan fingerprint density at radius 2 is 2.00 bits per heavy atom. The second-order valence-corrected chi connectivity index (χ2v) is 6.04. The van der Waals surface area contributed by atoms with E-state index in [-0.39, 0.29) is 0 Å². The van der Waals surface area contributed by atoms with Crippen molar-refractivity contribution in [2.24, 2.45) is 11.8 Å². The first-order valence-electron chi connectivity index (χ1n) is 6.85. The summed E-state index contributed by atoms with van der Waals surface area (Å²) < 4.78 is 0. The van der Waals surface area contributed by atoms with Crippen molar-refractivity contribution in [3.05, 3.63) is 33.8 Å². The highest BCUT2D eigenvalue weighted by atomic mass is 35.5. The second kappa shape index (κ2) is 6.79. The van der Waals surface area contributed by atoms with E-state index in [1.54, 1.807) is 0 Å². The van der Waals surface area contributed by atoms with Gasteiger partial charge in [0.2, 0.25) is 0 Å². The molecule has 1 N–H and O–H groups in total. The standard InChI is InChI=1S/C15H21Cl2N/c1-2-18-10-12-5-3-4-11(12)8-13-9-14(16)6-7-15(13)17/h6-7,9,11-12,18H,2-5,8,10H2,1H3. The summed E-state index contributed by atoms with van der Waals surface area (Å²) >= 11 is 12.3. The summed E-state index contributed by atoms with van der Waals surface area (Å²) in [5, 5.41) is 5.12. The Balaban J connectivity index is 2.01. The zero-order valence-corrected chi connectivity index (χ0v) is 12.4. The highest BCUT2D eigenvalue weighted by molar-refractivity contribution is 6.33. The zero-order valence-electron chi connectivity index (χ0n) is 10.9. The normalized spacial score (nSPS) is 23.5. The number of hydrogen-bond acceptors (Lipinski definition) is 1. The molecule has 0 radical (unpaired) electrons. The van der Waals surface area contributed by atoms with Crippen molar-refractivity contribution in [3.63, 3.8) is 0 Å². The van der Waals surface area contributed by atoms with Crippen LogP contribution in [0.2, 0.25) is 10.0 Å². The highest BCUT2D eigenvalue weighted by Gasteiger charge is 2.27. The van der Waals surface area contributed by atoms with Gasteiger partial charge in [0.05, 0.1) is 0 Å². The number of nitrogens with one attached hydrogen (secondary N) is 1. The van der Waals surface area contributed by atoms with Gasteiger partial charge in [-0.1, -0.05) is 36.5 Å². The minimum Gasteiger partial charge on any atom is -0.317 e. The monoisotopic (exact) mass is 285 g/mol. The van der Waals surface area contributed by atoms with E-state index >= 15 is 0 Å². The van der Waals surface area contributed by atoms with Crippen LogP contribution >= 0.6 is 23.2 Å². The molecule has 1 aromatic carbocycles. The Bertz CT molecular complexity index is 392. The lowest BCUT2D eigenvalue weighted by Crippen LogP contribution is -2.26. The van der Waals surface area contributed by atoms with E-state index in [2.05, 4.69) is 12.2 Å². The lowest BCUT2D eigenvalue weighted by Gasteiger charge is -2.20. The first-order valence-corrected chi connectivity index (χ1v) is 7.61. The number of rotatable bonds is 5. The third-order valence-corrected chi connectivity index (χ3v) is 4.57. The van der Waals surface area contributed by atoms with E-state index in [4.69, 9.17) is 23.2 Å². The Hall–Kier alpha value is -0.240. The fourth-order valence-corrected chi connectivity index (χ4v) is 3.35. The van der Waals surface area contributed by atoms with Gasteiger partial charge >= 0.3 is 0 Å². The third kappa shape index (κ3) is 3.63. The average Bonchev–Trinajstić information content (AvgIpc) is 2.79. The summed E-state index contributed by atoms with van der Waals surface area (Å²) in [6, 6.07) is 5.79. The molecule has 2 rings (SSSR count). The predicted molar refractivity (Wildman–Crippen MR) is 79.5 cm³/mol. The van der Waals surface area contributed by atoms with Crippen molar-refractivity contribution in [1.29, 1.82) is 0 Å². The van der Waals surface area contributed by atoms with Crippen molar-refractivity contribution in [3.8, 4) is 0 Å². The summed E-state index contributed by atoms with van der Waals surface area (Å²) in [5.41, 5.74) is 1.21. The van der Waals surface area contributed by atoms with E-state index in [1.807, 2.05) is 18.2 Å². The molecular formula is C15H21Cl2N. The van der Waals surface area contributed by atoms with Gasteiger partial charge in [0.15, 0.2) is 0 Å². The van der Waals surface area contributed by atoms with Gasteiger partial charge in [-0.2, -0.15) is 0 Å². The van der Waals surface area contributed by atoms with Gasteiger partial charge in [-0.05, 0) is 68.0 Å². The van der Waals surface area contributed by atoms with Gasteiger partial charge in [-0.15, -0.1) is 0 Å². The van der Waals surface area contributed by atoms with Crippen molar-refractivity contribution in [2.75, 3.05) is 13.1 Å². The van der Waals surface area contributed by atoms with Crippen LogP contribution in [0.4, 0.5) is 0 Å². The van der Waals surface area contributed by atoms with Crippen LogP contribution in [0.3, 0.4) is 0 Å². The van der Waals surface area contributed by atoms with Gasteiger partial charge < -0.3 is 5.32 Å². The molecule has 0 heterocycles. The third-order valence-electron chi connectivity index (χ3n) is 3.96. The molecule has 0 aliphatic heterocycles. The second-order valence-electron chi connectivity index (χ2n) is 5.20. The van der Waals surface area contributed by atoms with Crippen LogP contribution < -0.4 is 5.32 Å². The lowest BCUT2D eigenvalue weighted by atomic mass is 9.89. The van der Waals surface area contributed by atoms with E-state index in [0.29, 0.717) is 0 Å². The molecule has 0 bridgehead atoms. The topological polar surface area (TPSA) is 12.0 Å². The van der Waals surface area contributed by atoms with Gasteiger partial charge in [0.1, 0.15) is 0 Å². The minimum atomic E-state index is 0.750. The summed E-state index contributed by atoms with van der Waals surface area (Å²) in [6.07, 6.45) is 5.07. The smallest absolute Gasteiger partial charge is 0.0439 e. The summed E-state index contributed by atoms with van der Waals surface area (Å²) in [6.45, 7) is 4.36. The average molecular weight is 286 g/mol. The molecule has 0 amide bonds. The maximum absolute atomic E-state index is 6.25. The fraction of sp³-hybridized carbons (Fsp3) is 0.600. The summed E-state index contributed by atoms with van der Waals surface area (Å²) in [5.74, 6) is 1.54. The van der Waals surface area contributed by atoms with Crippen molar-refractivity contribution in [1.82, 2.24) is 5.32 Å². The molecule has 1 aliphatic carbocycles. The Kier molecular flexibility index (Phi) is 5.35. The van der Waals surface area contributed by atoms with E-state index in [1.165, 1.54) is 24.8 Å². The van der Waals surface area contributed by atoms with Crippen molar-refractivity contribution < 1.29 is 0 Å². The number of benzene rings is 1. The molecule has 3 heteroatoms. The highest BCUT2D eigenvalue weighted by Crippen LogP contribution is 2.35. The SMILES string of the molecule is CCNCC1CCCC1Cc1cc(Cl)ccc1Cl. The van der Waals surface area contributed by atoms with Crippen LogP contribution in [-0.4, -0.2) is 13.1 Å². The molecule has 1 aromatic rings. The molecule has 1 fully saturated rings. The summed E-state index contributed by atoms with van der Waals surface area (Å²) in [7, 11) is 0. The van der Waals surface area contributed by atoms with E-state index in [0.717, 1.165) is 41.4 Å². The van der Waals surface area contributed by atoms with Gasteiger partial charge in [0.25, 0.3) is 0 Å². The largest absolute Gasteiger partial charge is 0.317 e. The first-order chi connectivity index (χ1) is 8.70. The van der Waals surface area contributed by atoms with E-state index < -0.39 is 0 Å². The van der Waals surface area contributed by atoms with E-state index in [9.17, 15) is 0 Å². The molecule has 2 atom stereocenters. The van der Waals surface area contributed by atoms with Crippen LogP contribution in [0.5, 0.6) is 0 Å². The van der Waals surface area contributed by atoms with Crippen LogP contribution in [0.1, 0.15) is 31.7 Å². The molecule has 0 spiro atoms. The van der Waals surface area contributed by atoms with Crippen molar-refractivity contribution >= 4 is 23.2 Å². The van der Waals surface area contributed by atoms with Gasteiger partial charge in [-0.3, -0.25) is 0 Å². The predicted octanol–water partition coefficient (Wildman–Crippen LogP) is 4.56. The molecule has 1 aliphatic rings. The molecule has 18 heavy (non-hydrogen) atoms. The van der Waals surface area contributed by atoms with Gasteiger partial charge in [-0.25, -0.2) is 0 Å². The maximum Gasteiger partial charge on any atom is 0.0439 e. The van der Waals surface area contributed by atoms with Crippen molar-refractivity contribution in [2.45, 2.75) is 32.6 Å². The lowest BCUT2D eigenvalue weighted by molar-refractivity contribution is 0.368. The molecule has 1 nitrogen and oxygen atoms in total. The Labute approximate surface area is 120 Å². The first kappa shape index (κ1) is 14.2. The van der Waals surface area contributed by atoms with Gasteiger partial charge in [0, 0.05) is 10.0 Å². The minimum absolute atomic E-state index is 0.750. The zero-order chi connectivity index (χ0) is 13.0. The molecule has 1 saturated carbocycles. The van der Waals surface area contributed by atoms with Crippen LogP contribution in [-0.2, 0) is 6.42 Å². The van der Waals surface area contributed by atoms with Crippen LogP contribution in [0, 0.1) is 11.8 Å². The Morgan fingerprint density at radius 3 is 2.78 bits per heavy atom. The maximum atomic E-state index is 6.25. The molecule has 100 valence electrons. The fourth-order valence-electron chi connectivity index (χ4n) is 2.96. The quantitative estimate of drug-likeness (QED) is 0.836. The summed E-state index contributed by atoms with van der Waals surface area (Å²) in [4.78, 5) is 0. The molecule has 0 saturated heterocycles. The van der Waals surface area contributed by atoms with Crippen LogP contribution in [0.15, 0.2) is 18.2 Å². The Morgan fingerprint density at radius 1 is 1.22 bits per heavy atom. The number of hydrogen-bond donors (Lipinski definition) is 1. The number of halogens is 2. The molecule has 2 unspecified atom stereocenters. The molecular weight excluding hydrogens is 265 g/mol. The van der Waals surface area contributed by atoms with Crippen LogP contribution in [0.25, 0.3) is 0 Å². The molecule has 0 aromatic heterocycles.